The lowest BCUT2D eigenvalue weighted by molar-refractivity contribution is 0.00701. The van der Waals surface area contributed by atoms with Gasteiger partial charge in [0.1, 0.15) is 11.4 Å². The molecule has 0 unspecified atom stereocenters. The van der Waals surface area contributed by atoms with Gasteiger partial charge < -0.3 is 25.0 Å². The predicted octanol–water partition coefficient (Wildman–Crippen LogP) is 2.64. The molecule has 0 saturated carbocycles. The van der Waals surface area contributed by atoms with Crippen molar-refractivity contribution in [3.8, 4) is 5.75 Å². The van der Waals surface area contributed by atoms with Gasteiger partial charge in [-0.15, -0.1) is 24.0 Å². The van der Waals surface area contributed by atoms with Gasteiger partial charge in [0.25, 0.3) is 0 Å². The number of carbonyl (C=O) groups excluding carboxylic acids is 1. The summed E-state index contributed by atoms with van der Waals surface area (Å²) < 4.78 is 10.5. The third kappa shape index (κ3) is 7.82. The van der Waals surface area contributed by atoms with Gasteiger partial charge in [-0.05, 0) is 44.9 Å². The van der Waals surface area contributed by atoms with Gasteiger partial charge in [-0.1, -0.05) is 12.1 Å². The molecule has 0 atom stereocenters. The van der Waals surface area contributed by atoms with E-state index in [9.17, 15) is 4.79 Å². The van der Waals surface area contributed by atoms with E-state index in [4.69, 9.17) is 9.47 Å². The molecule has 2 N–H and O–H groups in total. The van der Waals surface area contributed by atoms with Crippen molar-refractivity contribution in [2.24, 2.45) is 4.99 Å². The predicted molar refractivity (Wildman–Crippen MR) is 118 cm³/mol. The van der Waals surface area contributed by atoms with Crippen LogP contribution in [-0.4, -0.2) is 62.4 Å². The number of hydrogen-bond donors (Lipinski definition) is 2. The Bertz CT molecular complexity index is 623. The Morgan fingerprint density at radius 2 is 1.89 bits per heavy atom. The third-order valence-electron chi connectivity index (χ3n) is 3.96. The molecule has 7 nitrogen and oxygen atoms in total. The molecule has 0 radical (unpaired) electrons. The lowest BCUT2D eigenvalue weighted by Crippen LogP contribution is -2.63. The normalized spacial score (nSPS) is 14.7. The Morgan fingerprint density at radius 1 is 1.26 bits per heavy atom. The van der Waals surface area contributed by atoms with Gasteiger partial charge >= 0.3 is 6.09 Å². The van der Waals surface area contributed by atoms with Crippen molar-refractivity contribution in [1.29, 1.82) is 0 Å². The molecule has 152 valence electrons. The van der Waals surface area contributed by atoms with E-state index >= 15 is 0 Å². The second-order valence-corrected chi connectivity index (χ2v) is 7.32. The number of rotatable bonds is 5. The van der Waals surface area contributed by atoms with Crippen LogP contribution in [0.25, 0.3) is 0 Å². The number of carbonyl (C=O) groups is 1. The highest BCUT2D eigenvalue weighted by atomic mass is 127. The van der Waals surface area contributed by atoms with E-state index in [1.54, 1.807) is 19.1 Å². The molecular weight excluding hydrogens is 459 g/mol. The largest absolute Gasteiger partial charge is 0.497 e. The van der Waals surface area contributed by atoms with E-state index in [2.05, 4.69) is 27.8 Å². The number of nitrogens with one attached hydrogen (secondary N) is 2. The molecular formula is C19H31IN4O3. The van der Waals surface area contributed by atoms with E-state index in [1.165, 1.54) is 5.56 Å². The second-order valence-electron chi connectivity index (χ2n) is 7.32. The molecule has 1 fully saturated rings. The van der Waals surface area contributed by atoms with Gasteiger partial charge in [-0.2, -0.15) is 0 Å². The van der Waals surface area contributed by atoms with E-state index in [-0.39, 0.29) is 36.1 Å². The fourth-order valence-electron chi connectivity index (χ4n) is 2.55. The zero-order chi connectivity index (χ0) is 19.2. The summed E-state index contributed by atoms with van der Waals surface area (Å²) in [5.41, 5.74) is 0.766. The molecule has 1 amide bonds. The SMILES string of the molecule is CN=C(NCCc1ccc(OC)cc1)NC1CN(C(=O)OC(C)(C)C)C1.I. The number of likely N-dealkylation sites (tertiary alicyclic amines) is 1. The van der Waals surface area contributed by atoms with E-state index in [0.717, 1.165) is 24.7 Å². The Morgan fingerprint density at radius 3 is 2.41 bits per heavy atom. The maximum atomic E-state index is 11.9. The number of ether oxygens (including phenoxy) is 2. The van der Waals surface area contributed by atoms with Crippen LogP contribution in [0.1, 0.15) is 26.3 Å². The van der Waals surface area contributed by atoms with Crippen LogP contribution in [-0.2, 0) is 11.2 Å². The number of methoxy groups -OCH3 is 1. The zero-order valence-corrected chi connectivity index (χ0v) is 19.1. The first-order valence-corrected chi connectivity index (χ1v) is 8.89. The highest BCUT2D eigenvalue weighted by molar-refractivity contribution is 14.0. The number of amides is 1. The molecule has 1 aromatic rings. The molecule has 0 bridgehead atoms. The van der Waals surface area contributed by atoms with Crippen LogP contribution in [0.5, 0.6) is 5.75 Å². The molecule has 0 aromatic heterocycles. The van der Waals surface area contributed by atoms with Crippen LogP contribution in [0.4, 0.5) is 4.79 Å². The van der Waals surface area contributed by atoms with Gasteiger partial charge in [0, 0.05) is 26.7 Å². The van der Waals surface area contributed by atoms with Crippen LogP contribution in [0.3, 0.4) is 0 Å². The number of hydrogen-bond acceptors (Lipinski definition) is 4. The highest BCUT2D eigenvalue weighted by Gasteiger charge is 2.34. The van der Waals surface area contributed by atoms with Crippen molar-refractivity contribution < 1.29 is 14.3 Å². The quantitative estimate of drug-likeness (QED) is 0.377. The first-order chi connectivity index (χ1) is 12.3. The monoisotopic (exact) mass is 490 g/mol. The van der Waals surface area contributed by atoms with E-state index in [0.29, 0.717) is 13.1 Å². The third-order valence-corrected chi connectivity index (χ3v) is 3.96. The summed E-state index contributed by atoms with van der Waals surface area (Å²) in [5, 5.41) is 6.63. The Labute approximate surface area is 178 Å². The lowest BCUT2D eigenvalue weighted by Gasteiger charge is -2.40. The fourth-order valence-corrected chi connectivity index (χ4v) is 2.55. The number of nitrogens with zero attached hydrogens (tertiary/aromatic N) is 2. The molecule has 0 aliphatic carbocycles. The summed E-state index contributed by atoms with van der Waals surface area (Å²) in [4.78, 5) is 17.9. The summed E-state index contributed by atoms with van der Waals surface area (Å²) in [6.45, 7) is 7.62. The summed E-state index contributed by atoms with van der Waals surface area (Å²) in [5.74, 6) is 1.60. The summed E-state index contributed by atoms with van der Waals surface area (Å²) in [7, 11) is 3.41. The number of halogens is 1. The van der Waals surface area contributed by atoms with Crippen LogP contribution >= 0.6 is 24.0 Å². The molecule has 1 heterocycles. The summed E-state index contributed by atoms with van der Waals surface area (Å²) >= 11 is 0. The number of benzene rings is 1. The first kappa shape index (κ1) is 23.3. The molecule has 1 aromatic carbocycles. The lowest BCUT2D eigenvalue weighted by atomic mass is 10.1. The average Bonchev–Trinajstić information content (AvgIpc) is 2.54. The van der Waals surface area contributed by atoms with E-state index < -0.39 is 5.60 Å². The van der Waals surface area contributed by atoms with Crippen LogP contribution < -0.4 is 15.4 Å². The Balaban J connectivity index is 0.00000364. The fraction of sp³-hybridized carbons (Fsp3) is 0.579. The number of aliphatic imine (C=N–C) groups is 1. The topological polar surface area (TPSA) is 75.2 Å². The molecule has 8 heteroatoms. The average molecular weight is 490 g/mol. The van der Waals surface area contributed by atoms with Gasteiger partial charge in [0.15, 0.2) is 5.96 Å². The first-order valence-electron chi connectivity index (χ1n) is 8.89. The van der Waals surface area contributed by atoms with Crippen LogP contribution in [0.2, 0.25) is 0 Å². The van der Waals surface area contributed by atoms with Gasteiger partial charge in [-0.25, -0.2) is 4.79 Å². The molecule has 0 spiro atoms. The highest BCUT2D eigenvalue weighted by Crippen LogP contribution is 2.15. The summed E-state index contributed by atoms with van der Waals surface area (Å²) in [6, 6.07) is 8.22. The van der Waals surface area contributed by atoms with Crippen molar-refractivity contribution in [2.45, 2.75) is 38.8 Å². The minimum Gasteiger partial charge on any atom is -0.497 e. The second kappa shape index (κ2) is 10.6. The smallest absolute Gasteiger partial charge is 0.410 e. The van der Waals surface area contributed by atoms with Crippen molar-refractivity contribution in [3.05, 3.63) is 29.8 Å². The minimum absolute atomic E-state index is 0. The van der Waals surface area contributed by atoms with Crippen molar-refractivity contribution in [2.75, 3.05) is 33.8 Å². The standard InChI is InChI=1S/C19H30N4O3.HI/c1-19(2,3)26-18(24)23-12-15(13-23)22-17(20-4)21-11-10-14-6-8-16(25-5)9-7-14;/h6-9,15H,10-13H2,1-5H3,(H2,20,21,22);1H. The van der Waals surface area contributed by atoms with Crippen LogP contribution in [0, 0.1) is 0 Å². The summed E-state index contributed by atoms with van der Waals surface area (Å²) in [6.07, 6.45) is 0.623. The molecule has 1 aliphatic heterocycles. The molecule has 27 heavy (non-hydrogen) atoms. The molecule has 1 aliphatic rings. The van der Waals surface area contributed by atoms with Gasteiger partial charge in [-0.3, -0.25) is 4.99 Å². The zero-order valence-electron chi connectivity index (χ0n) is 16.7. The Hall–Kier alpha value is -1.71. The molecule has 1 saturated heterocycles. The van der Waals surface area contributed by atoms with E-state index in [1.807, 2.05) is 32.9 Å². The maximum Gasteiger partial charge on any atom is 0.410 e. The molecule has 2 rings (SSSR count). The van der Waals surface area contributed by atoms with Crippen molar-refractivity contribution in [3.63, 3.8) is 0 Å². The maximum absolute atomic E-state index is 11.9. The van der Waals surface area contributed by atoms with Gasteiger partial charge in [0.2, 0.25) is 0 Å². The van der Waals surface area contributed by atoms with Gasteiger partial charge in [0.05, 0.1) is 13.2 Å². The number of guanidine groups is 1. The van der Waals surface area contributed by atoms with Crippen molar-refractivity contribution >= 4 is 36.0 Å². The van der Waals surface area contributed by atoms with Crippen LogP contribution in [0.15, 0.2) is 29.3 Å². The Kier molecular flexibility index (Phi) is 9.14. The minimum atomic E-state index is -0.464. The van der Waals surface area contributed by atoms with Crippen molar-refractivity contribution in [1.82, 2.24) is 15.5 Å².